The van der Waals surface area contributed by atoms with E-state index in [1.165, 1.54) is 0 Å². The summed E-state index contributed by atoms with van der Waals surface area (Å²) in [5.74, 6) is 1.21. The lowest BCUT2D eigenvalue weighted by Crippen LogP contribution is -2.56. The number of aromatic nitrogens is 1. The van der Waals surface area contributed by atoms with Crippen LogP contribution in [0.3, 0.4) is 0 Å². The molecule has 4 amide bonds. The van der Waals surface area contributed by atoms with Gasteiger partial charge in [0.2, 0.25) is 0 Å². The first-order valence-corrected chi connectivity index (χ1v) is 10.6. The van der Waals surface area contributed by atoms with Gasteiger partial charge in [-0.1, -0.05) is 32.9 Å². The van der Waals surface area contributed by atoms with Gasteiger partial charge in [-0.2, -0.15) is 0 Å². The molecule has 2 fully saturated rings. The van der Waals surface area contributed by atoms with Gasteiger partial charge in [0, 0.05) is 25.6 Å². The van der Waals surface area contributed by atoms with Crippen molar-refractivity contribution in [2.45, 2.75) is 65.3 Å². The van der Waals surface area contributed by atoms with E-state index in [1.807, 2.05) is 0 Å². The second-order valence-corrected chi connectivity index (χ2v) is 9.16. The van der Waals surface area contributed by atoms with Crippen LogP contribution in [0, 0.1) is 17.8 Å². The molecule has 1 aromatic rings. The summed E-state index contributed by atoms with van der Waals surface area (Å²) in [4.78, 5) is 39.1. The van der Waals surface area contributed by atoms with Gasteiger partial charge in [-0.15, -0.1) is 0 Å². The molecule has 0 aliphatic carbocycles. The smallest absolute Gasteiger partial charge is 0.322 e. The third-order valence-corrected chi connectivity index (χ3v) is 5.95. The van der Waals surface area contributed by atoms with Crippen LogP contribution < -0.4 is 10.6 Å². The number of nitrogens with one attached hydrogen (secondary N) is 2. The topological polar surface area (TPSA) is 105 Å². The maximum absolute atomic E-state index is 12.8. The van der Waals surface area contributed by atoms with E-state index < -0.39 is 11.6 Å². The Bertz CT molecular complexity index is 764. The van der Waals surface area contributed by atoms with Gasteiger partial charge >= 0.3 is 6.03 Å². The fourth-order valence-corrected chi connectivity index (χ4v) is 4.34. The first kappa shape index (κ1) is 21.3. The number of hydrogen-bond donors (Lipinski definition) is 2. The monoisotopic (exact) mass is 404 g/mol. The van der Waals surface area contributed by atoms with Gasteiger partial charge in [0.05, 0.1) is 0 Å². The van der Waals surface area contributed by atoms with E-state index in [-0.39, 0.29) is 17.7 Å². The van der Waals surface area contributed by atoms with Crippen LogP contribution in [0.2, 0.25) is 0 Å². The molecule has 1 aromatic heterocycles. The Balaban J connectivity index is 1.65. The normalized spacial score (nSPS) is 23.0. The fraction of sp³-hybridized carbons (Fsp3) is 0.714. The average Bonchev–Trinajstić information content (AvgIpc) is 3.23. The number of carbonyl (C=O) groups excluding carboxylic acids is 3. The summed E-state index contributed by atoms with van der Waals surface area (Å²) in [5.41, 5.74) is -0.532. The van der Waals surface area contributed by atoms with Crippen LogP contribution in [0.15, 0.2) is 10.6 Å². The molecule has 8 nitrogen and oxygen atoms in total. The molecule has 29 heavy (non-hydrogen) atoms. The zero-order valence-electron chi connectivity index (χ0n) is 17.8. The van der Waals surface area contributed by atoms with E-state index in [1.54, 1.807) is 11.0 Å². The number of imide groups is 1. The largest absolute Gasteiger partial charge is 0.361 e. The highest BCUT2D eigenvalue weighted by molar-refractivity contribution is 6.07. The number of rotatable bonds is 7. The molecule has 0 spiro atoms. The van der Waals surface area contributed by atoms with Crippen molar-refractivity contribution < 1.29 is 18.9 Å². The maximum Gasteiger partial charge on any atom is 0.322 e. The molecule has 160 valence electrons. The van der Waals surface area contributed by atoms with Crippen LogP contribution in [0.5, 0.6) is 0 Å². The van der Waals surface area contributed by atoms with Crippen molar-refractivity contribution in [3.05, 3.63) is 17.5 Å². The lowest BCUT2D eigenvalue weighted by atomic mass is 9.74. The second-order valence-electron chi connectivity index (χ2n) is 9.16. The molecule has 0 bridgehead atoms. The Kier molecular flexibility index (Phi) is 6.29. The van der Waals surface area contributed by atoms with E-state index in [9.17, 15) is 14.4 Å². The van der Waals surface area contributed by atoms with Gasteiger partial charge in [-0.25, -0.2) is 4.79 Å². The Labute approximate surface area is 171 Å². The predicted octanol–water partition coefficient (Wildman–Crippen LogP) is 2.74. The van der Waals surface area contributed by atoms with Crippen molar-refractivity contribution in [3.8, 4) is 0 Å². The molecule has 0 saturated carbocycles. The molecule has 2 aliphatic rings. The highest BCUT2D eigenvalue weighted by Gasteiger charge is 2.52. The molecule has 3 heterocycles. The molecule has 1 unspecified atom stereocenters. The van der Waals surface area contributed by atoms with Gasteiger partial charge in [-0.05, 0) is 43.4 Å². The minimum absolute atomic E-state index is 0.00515. The van der Waals surface area contributed by atoms with E-state index in [0.29, 0.717) is 49.9 Å². The Morgan fingerprint density at radius 2 is 1.93 bits per heavy atom. The third-order valence-electron chi connectivity index (χ3n) is 5.95. The zero-order chi connectivity index (χ0) is 21.2. The summed E-state index contributed by atoms with van der Waals surface area (Å²) >= 11 is 0. The van der Waals surface area contributed by atoms with Crippen molar-refractivity contribution in [2.75, 3.05) is 13.1 Å². The summed E-state index contributed by atoms with van der Waals surface area (Å²) < 4.78 is 5.29. The molecule has 2 aliphatic heterocycles. The number of hydrogen-bond acceptors (Lipinski definition) is 5. The number of urea groups is 1. The molecule has 0 aromatic carbocycles. The quantitative estimate of drug-likeness (QED) is 0.680. The number of piperidine rings is 1. The molecule has 0 radical (unpaired) electrons. The van der Waals surface area contributed by atoms with Crippen LogP contribution in [-0.2, 0) is 11.2 Å². The highest BCUT2D eigenvalue weighted by atomic mass is 16.5. The van der Waals surface area contributed by atoms with Crippen LogP contribution >= 0.6 is 0 Å². The summed E-state index contributed by atoms with van der Waals surface area (Å²) in [6.45, 7) is 9.44. The highest BCUT2D eigenvalue weighted by Crippen LogP contribution is 2.35. The summed E-state index contributed by atoms with van der Waals surface area (Å²) in [6.07, 6.45) is 3.53. The van der Waals surface area contributed by atoms with Crippen molar-refractivity contribution in [1.29, 1.82) is 0 Å². The predicted molar refractivity (Wildman–Crippen MR) is 107 cm³/mol. The zero-order valence-corrected chi connectivity index (χ0v) is 17.8. The van der Waals surface area contributed by atoms with E-state index >= 15 is 0 Å². The summed E-state index contributed by atoms with van der Waals surface area (Å²) in [6, 6.07) is 1.31. The Hall–Kier alpha value is -2.38. The van der Waals surface area contributed by atoms with Gasteiger partial charge in [-0.3, -0.25) is 14.9 Å². The first-order valence-electron chi connectivity index (χ1n) is 10.6. The van der Waals surface area contributed by atoms with Crippen LogP contribution in [-0.4, -0.2) is 46.5 Å². The molecule has 2 N–H and O–H groups in total. The van der Waals surface area contributed by atoms with Crippen molar-refractivity contribution in [2.24, 2.45) is 17.8 Å². The van der Waals surface area contributed by atoms with E-state index in [4.69, 9.17) is 4.52 Å². The second kappa shape index (κ2) is 8.55. The number of amides is 4. The van der Waals surface area contributed by atoms with Crippen molar-refractivity contribution in [1.82, 2.24) is 20.7 Å². The molecular weight excluding hydrogens is 372 g/mol. The van der Waals surface area contributed by atoms with Gasteiger partial charge < -0.3 is 14.7 Å². The lowest BCUT2D eigenvalue weighted by Gasteiger charge is -2.40. The van der Waals surface area contributed by atoms with Crippen LogP contribution in [0.4, 0.5) is 4.79 Å². The Morgan fingerprint density at radius 3 is 2.48 bits per heavy atom. The standard InChI is InChI=1S/C21H32N4O4/c1-13(2)5-8-21(19(27)22-20(28)23-21)15-6-9-25(10-7-15)18(26)17-12-16(29-24-17)11-14(3)4/h12-15H,5-11H2,1-4H3,(H2,22,23,27,28). The van der Waals surface area contributed by atoms with Crippen LogP contribution in [0.1, 0.15) is 69.6 Å². The molecule has 8 heteroatoms. The number of nitrogens with zero attached hydrogens (tertiary/aromatic N) is 2. The fourth-order valence-electron chi connectivity index (χ4n) is 4.34. The van der Waals surface area contributed by atoms with Gasteiger partial charge in [0.25, 0.3) is 11.8 Å². The van der Waals surface area contributed by atoms with Crippen LogP contribution in [0.25, 0.3) is 0 Å². The Morgan fingerprint density at radius 1 is 1.24 bits per heavy atom. The summed E-state index contributed by atoms with van der Waals surface area (Å²) in [7, 11) is 0. The van der Waals surface area contributed by atoms with E-state index in [0.717, 1.165) is 18.6 Å². The third kappa shape index (κ3) is 4.62. The number of likely N-dealkylation sites (tertiary alicyclic amines) is 1. The molecular formula is C21H32N4O4. The average molecular weight is 405 g/mol. The lowest BCUT2D eigenvalue weighted by molar-refractivity contribution is -0.127. The molecule has 1 atom stereocenters. The molecule has 3 rings (SSSR count). The van der Waals surface area contributed by atoms with E-state index in [2.05, 4.69) is 43.5 Å². The first-order chi connectivity index (χ1) is 13.7. The SMILES string of the molecule is CC(C)CCC1(C2CCN(C(=O)c3cc(CC(C)C)on3)CC2)NC(=O)NC1=O. The summed E-state index contributed by atoms with van der Waals surface area (Å²) in [5, 5.41) is 9.26. The molecule has 2 saturated heterocycles. The maximum atomic E-state index is 12.8. The van der Waals surface area contributed by atoms with Gasteiger partial charge in [0.15, 0.2) is 5.69 Å². The van der Waals surface area contributed by atoms with Crippen molar-refractivity contribution in [3.63, 3.8) is 0 Å². The minimum Gasteiger partial charge on any atom is -0.361 e. The van der Waals surface area contributed by atoms with Gasteiger partial charge in [0.1, 0.15) is 11.3 Å². The minimum atomic E-state index is -0.866. The van der Waals surface area contributed by atoms with Crippen molar-refractivity contribution >= 4 is 17.8 Å². The number of carbonyl (C=O) groups is 3.